The fourth-order valence-corrected chi connectivity index (χ4v) is 3.91. The van der Waals surface area contributed by atoms with Gasteiger partial charge in [0, 0.05) is 43.1 Å². The molecule has 1 aliphatic heterocycles. The summed E-state index contributed by atoms with van der Waals surface area (Å²) < 4.78 is 6.00. The second kappa shape index (κ2) is 12.6. The van der Waals surface area contributed by atoms with E-state index in [1.54, 1.807) is 0 Å². The topological polar surface area (TPSA) is 9.23 Å². The summed E-state index contributed by atoms with van der Waals surface area (Å²) in [5.74, 6) is 0. The predicted octanol–water partition coefficient (Wildman–Crippen LogP) is 4.17. The minimum atomic E-state index is 0. The zero-order chi connectivity index (χ0) is 13.1. The first-order chi connectivity index (χ1) is 8.77. The molecule has 1 aliphatic rings. The van der Waals surface area contributed by atoms with Crippen LogP contribution in [0.15, 0.2) is 0 Å². The van der Waals surface area contributed by atoms with E-state index < -0.39 is 0 Å². The third-order valence-corrected chi connectivity index (χ3v) is 5.65. The van der Waals surface area contributed by atoms with Gasteiger partial charge >= 0.3 is 0 Å². The van der Waals surface area contributed by atoms with Crippen molar-refractivity contribution in [2.45, 2.75) is 95.6 Å². The van der Waals surface area contributed by atoms with Gasteiger partial charge in [-0.1, -0.05) is 64.7 Å². The molecule has 0 aromatic carbocycles. The Bertz CT molecular complexity index is 193. The van der Waals surface area contributed by atoms with E-state index in [2.05, 4.69) is 6.92 Å². The van der Waals surface area contributed by atoms with Crippen molar-refractivity contribution in [3.05, 3.63) is 0 Å². The van der Waals surface area contributed by atoms with Gasteiger partial charge < -0.3 is 4.74 Å². The average Bonchev–Trinajstić information content (AvgIpc) is 2.38. The molecule has 118 valence electrons. The van der Waals surface area contributed by atoms with Crippen LogP contribution in [0, 0.1) is 0 Å². The summed E-state index contributed by atoms with van der Waals surface area (Å²) in [7, 11) is 1.23. The SMILES string of the molecule is CCCCCCCCCCCC1([SiH3])CCCCO1.[Pt]. The van der Waals surface area contributed by atoms with Crippen LogP contribution < -0.4 is 0 Å². The summed E-state index contributed by atoms with van der Waals surface area (Å²) in [6.45, 7) is 3.32. The van der Waals surface area contributed by atoms with Crippen LogP contribution >= 0.6 is 0 Å². The second-order valence-electron chi connectivity index (χ2n) is 6.33. The molecule has 0 spiro atoms. The van der Waals surface area contributed by atoms with Gasteiger partial charge in [-0.25, -0.2) is 0 Å². The molecule has 1 rings (SSSR count). The standard InChI is InChI=1S/C16H34OSi.Pt/c1-2-3-4-5-6-7-8-9-10-13-16(18)14-11-12-15-17-16;/h2-15H2,1,18H3;. The van der Waals surface area contributed by atoms with Crippen LogP contribution in [0.5, 0.6) is 0 Å². The largest absolute Gasteiger partial charge is 0.380 e. The maximum Gasteiger partial charge on any atom is 0.0486 e. The summed E-state index contributed by atoms with van der Waals surface area (Å²) >= 11 is 0. The molecule has 1 unspecified atom stereocenters. The molecule has 0 radical (unpaired) electrons. The van der Waals surface area contributed by atoms with E-state index in [4.69, 9.17) is 4.74 Å². The number of hydrogen-bond donors (Lipinski definition) is 0. The molecule has 1 atom stereocenters. The van der Waals surface area contributed by atoms with E-state index in [0.717, 1.165) is 6.61 Å². The van der Waals surface area contributed by atoms with Crippen molar-refractivity contribution in [3.8, 4) is 0 Å². The molecule has 1 fully saturated rings. The zero-order valence-corrected chi connectivity index (χ0v) is 17.4. The van der Waals surface area contributed by atoms with Gasteiger partial charge in [-0.3, -0.25) is 0 Å². The van der Waals surface area contributed by atoms with Crippen molar-refractivity contribution >= 4 is 10.2 Å². The molecular formula is C16H34OPtSi. The van der Waals surface area contributed by atoms with Gasteiger partial charge in [0.15, 0.2) is 0 Å². The molecule has 1 heterocycles. The Morgan fingerprint density at radius 3 is 2.00 bits per heavy atom. The van der Waals surface area contributed by atoms with Crippen LogP contribution in [0.3, 0.4) is 0 Å². The van der Waals surface area contributed by atoms with Crippen molar-refractivity contribution in [2.24, 2.45) is 0 Å². The van der Waals surface area contributed by atoms with Gasteiger partial charge in [0.2, 0.25) is 0 Å². The first-order valence-electron chi connectivity index (χ1n) is 8.41. The van der Waals surface area contributed by atoms with E-state index in [-0.39, 0.29) is 21.1 Å². The van der Waals surface area contributed by atoms with Crippen LogP contribution in [0.25, 0.3) is 0 Å². The van der Waals surface area contributed by atoms with Gasteiger partial charge in [0.1, 0.15) is 0 Å². The van der Waals surface area contributed by atoms with Crippen molar-refractivity contribution in [1.29, 1.82) is 0 Å². The predicted molar refractivity (Wildman–Crippen MR) is 84.3 cm³/mol. The van der Waals surface area contributed by atoms with Gasteiger partial charge in [-0.15, -0.1) is 0 Å². The smallest absolute Gasteiger partial charge is 0.0486 e. The number of ether oxygens (including phenoxy) is 1. The molecule has 0 aliphatic carbocycles. The van der Waals surface area contributed by atoms with Gasteiger partial charge in [-0.2, -0.15) is 0 Å². The molecule has 1 saturated heterocycles. The first kappa shape index (κ1) is 19.9. The van der Waals surface area contributed by atoms with Gasteiger partial charge in [-0.05, 0) is 25.7 Å². The Balaban J connectivity index is 0.00000324. The van der Waals surface area contributed by atoms with Crippen LogP contribution in [0.4, 0.5) is 0 Å². The summed E-state index contributed by atoms with van der Waals surface area (Å²) in [4.78, 5) is 0. The van der Waals surface area contributed by atoms with Gasteiger partial charge in [0.05, 0.1) is 0 Å². The average molecular weight is 466 g/mol. The molecule has 0 aromatic rings. The van der Waals surface area contributed by atoms with Crippen LogP contribution in [-0.4, -0.2) is 22.1 Å². The first-order valence-corrected chi connectivity index (χ1v) is 9.41. The Morgan fingerprint density at radius 2 is 1.47 bits per heavy atom. The Morgan fingerprint density at radius 1 is 0.895 bits per heavy atom. The van der Waals surface area contributed by atoms with Crippen LogP contribution in [0.2, 0.25) is 0 Å². The third kappa shape index (κ3) is 10.3. The Kier molecular flexibility index (Phi) is 13.2. The number of rotatable bonds is 10. The minimum absolute atomic E-state index is 0. The van der Waals surface area contributed by atoms with E-state index in [1.165, 1.54) is 93.7 Å². The molecule has 3 heteroatoms. The number of unbranched alkanes of at least 4 members (excludes halogenated alkanes) is 8. The fraction of sp³-hybridized carbons (Fsp3) is 1.00. The van der Waals surface area contributed by atoms with E-state index in [1.807, 2.05) is 0 Å². The van der Waals surface area contributed by atoms with Crippen LogP contribution in [0.1, 0.15) is 90.4 Å². The van der Waals surface area contributed by atoms with E-state index >= 15 is 0 Å². The maximum atomic E-state index is 6.00. The van der Waals surface area contributed by atoms with Crippen molar-refractivity contribution in [3.63, 3.8) is 0 Å². The molecule has 0 aromatic heterocycles. The van der Waals surface area contributed by atoms with E-state index in [0.29, 0.717) is 5.22 Å². The van der Waals surface area contributed by atoms with Crippen molar-refractivity contribution in [2.75, 3.05) is 6.61 Å². The molecule has 0 bridgehead atoms. The fourth-order valence-electron chi connectivity index (χ4n) is 3.00. The summed E-state index contributed by atoms with van der Waals surface area (Å²) in [6.07, 6.45) is 18.3. The molecule has 1 nitrogen and oxygen atoms in total. The molecule has 19 heavy (non-hydrogen) atoms. The quantitative estimate of drug-likeness (QED) is 0.348. The molecule has 0 amide bonds. The molecular weight excluding hydrogens is 431 g/mol. The van der Waals surface area contributed by atoms with Crippen molar-refractivity contribution < 1.29 is 25.8 Å². The molecule has 0 N–H and O–H groups in total. The molecule has 0 saturated carbocycles. The zero-order valence-electron chi connectivity index (χ0n) is 13.1. The van der Waals surface area contributed by atoms with Gasteiger partial charge in [0.25, 0.3) is 0 Å². The normalized spacial score (nSPS) is 23.2. The monoisotopic (exact) mass is 465 g/mol. The van der Waals surface area contributed by atoms with Crippen molar-refractivity contribution in [1.82, 2.24) is 0 Å². The Hall–Kier alpha value is 0.865. The third-order valence-electron chi connectivity index (χ3n) is 4.36. The van der Waals surface area contributed by atoms with Crippen LogP contribution in [-0.2, 0) is 25.8 Å². The maximum absolute atomic E-state index is 6.00. The Labute approximate surface area is 138 Å². The summed E-state index contributed by atoms with van der Waals surface area (Å²) in [5.41, 5.74) is 0. The summed E-state index contributed by atoms with van der Waals surface area (Å²) in [6, 6.07) is 0. The number of hydrogen-bond acceptors (Lipinski definition) is 1. The summed E-state index contributed by atoms with van der Waals surface area (Å²) in [5, 5.41) is 0.360. The van der Waals surface area contributed by atoms with E-state index in [9.17, 15) is 0 Å². The minimum Gasteiger partial charge on any atom is -0.380 e. The second-order valence-corrected chi connectivity index (χ2v) is 8.16.